The third-order valence-corrected chi connectivity index (χ3v) is 16.0. The fraction of sp³-hybridized carbons (Fsp3) is 0.181. The van der Waals surface area contributed by atoms with Crippen molar-refractivity contribution in [1.29, 1.82) is 0 Å². The van der Waals surface area contributed by atoms with E-state index in [1.165, 1.54) is 22.3 Å². The number of nitrogens with one attached hydrogen (secondary N) is 2. The summed E-state index contributed by atoms with van der Waals surface area (Å²) in [5.41, 5.74) is 31.3. The maximum atomic E-state index is 6.99. The molecule has 0 atom stereocenters. The topological polar surface area (TPSA) is 103 Å². The zero-order valence-corrected chi connectivity index (χ0v) is 47.5. The van der Waals surface area contributed by atoms with Crippen LogP contribution in [0.2, 0.25) is 0 Å². The van der Waals surface area contributed by atoms with Crippen molar-refractivity contribution in [2.24, 2.45) is 9.98 Å². The van der Waals surface area contributed by atoms with Gasteiger partial charge in [0.1, 0.15) is 21.8 Å². The van der Waals surface area contributed by atoms with Crippen molar-refractivity contribution < 1.29 is 17.7 Å². The first-order valence-electron chi connectivity index (χ1n) is 27.6. The van der Waals surface area contributed by atoms with Crippen LogP contribution in [0.1, 0.15) is 95.4 Å². The minimum atomic E-state index is 0.616. The number of H-pyrrole nitrogens is 1. The molecule has 0 fully saturated rings. The lowest BCUT2D eigenvalue weighted by atomic mass is 9.91. The maximum Gasteiger partial charge on any atom is 0.395 e. The van der Waals surface area contributed by atoms with Gasteiger partial charge in [-0.25, -0.2) is 14.4 Å². The van der Waals surface area contributed by atoms with Crippen LogP contribution in [0.15, 0.2) is 180 Å². The SMILES string of the molecule is Cc1cc(C)c(C2=c3ccc([nH]3)=C3C=CC(=N3)C(c3c(C)cc(C)cc3C)=c3ccc(o3)=c3ccc(o3)=C(c3c(C)cc(C)cc3C)C3=CCC(=C4C=CC(=N4)C(c4c(C)cc(C)cc4C)=c4ccc(o4)=C4C=CC2=[O+]4)N3)c(C)c1. The fourth-order valence-electron chi connectivity index (χ4n) is 13.1. The number of benzene rings is 4. The molecule has 2 N–H and O–H groups in total. The van der Waals surface area contributed by atoms with E-state index in [-0.39, 0.29) is 0 Å². The molecule has 8 nitrogen and oxygen atoms in total. The molecule has 9 heterocycles. The average molecular weight is 1050 g/mol. The zero-order valence-electron chi connectivity index (χ0n) is 47.5. The second-order valence-electron chi connectivity index (χ2n) is 22.4. The van der Waals surface area contributed by atoms with Crippen LogP contribution in [-0.4, -0.2) is 22.2 Å². The molecule has 5 aliphatic rings. The van der Waals surface area contributed by atoms with E-state index in [1.807, 2.05) is 36.4 Å². The van der Waals surface area contributed by atoms with Gasteiger partial charge in [0.2, 0.25) is 5.42 Å². The molecule has 0 aliphatic carbocycles. The third-order valence-electron chi connectivity index (χ3n) is 16.0. The molecule has 5 aliphatic heterocycles. The van der Waals surface area contributed by atoms with Gasteiger partial charge in [-0.15, -0.1) is 0 Å². The predicted octanol–water partition coefficient (Wildman–Crippen LogP) is 11.0. The van der Waals surface area contributed by atoms with Crippen molar-refractivity contribution in [2.75, 3.05) is 0 Å². The van der Waals surface area contributed by atoms with E-state index in [0.29, 0.717) is 45.0 Å². The van der Waals surface area contributed by atoms with E-state index in [2.05, 4.69) is 197 Å². The molecular weight excluding hydrogens is 985 g/mol. The van der Waals surface area contributed by atoms with Crippen LogP contribution >= 0.6 is 0 Å². The van der Waals surface area contributed by atoms with Crippen molar-refractivity contribution >= 4 is 51.0 Å². The summed E-state index contributed by atoms with van der Waals surface area (Å²) < 4.78 is 27.9. The smallest absolute Gasteiger partial charge is 0.395 e. The number of nitrogens with zero attached hydrogens (tertiary/aromatic N) is 2. The van der Waals surface area contributed by atoms with E-state index in [1.54, 1.807) is 0 Å². The van der Waals surface area contributed by atoms with Gasteiger partial charge in [0.25, 0.3) is 0 Å². The molecule has 0 spiro atoms. The highest BCUT2D eigenvalue weighted by Gasteiger charge is 2.31. The van der Waals surface area contributed by atoms with Crippen molar-refractivity contribution in [3.8, 4) is 0 Å². The molecule has 0 saturated carbocycles. The molecule has 394 valence electrons. The summed E-state index contributed by atoms with van der Waals surface area (Å²) in [6.07, 6.45) is 15.4. The Morgan fingerprint density at radius 2 is 0.787 bits per heavy atom. The van der Waals surface area contributed by atoms with Crippen LogP contribution in [-0.2, 0) is 4.42 Å². The number of hydrogen-bond acceptors (Lipinski definition) is 6. The lowest BCUT2D eigenvalue weighted by Crippen LogP contribution is -2.20. The predicted molar refractivity (Wildman–Crippen MR) is 322 cm³/mol. The van der Waals surface area contributed by atoms with Crippen molar-refractivity contribution in [3.05, 3.63) is 289 Å². The summed E-state index contributed by atoms with van der Waals surface area (Å²) in [7, 11) is 0. The number of aryl methyl sites for hydroxylation is 12. The number of carbonyl (C=O) groups excluding carboxylic acids is 1. The van der Waals surface area contributed by atoms with Crippen molar-refractivity contribution in [2.45, 2.75) is 89.5 Å². The van der Waals surface area contributed by atoms with Gasteiger partial charge in [-0.05, 0) is 223 Å². The van der Waals surface area contributed by atoms with Gasteiger partial charge in [0.05, 0.1) is 56.8 Å². The Labute approximate surface area is 465 Å². The molecule has 0 saturated heterocycles. The van der Waals surface area contributed by atoms with Crippen molar-refractivity contribution in [3.63, 3.8) is 0 Å². The first-order chi connectivity index (χ1) is 38.5. The van der Waals surface area contributed by atoms with Crippen LogP contribution in [0.4, 0.5) is 0 Å². The lowest BCUT2D eigenvalue weighted by Gasteiger charge is -2.16. The average Bonchev–Trinajstić information content (AvgIpc) is 4.34. The standard InChI is InChI=1S/C72H63N4O4/c1-37-29-41(5)65(42(6)30-37)69-53-17-13-49(73-53)50-14-18-54(74-50)70(66-43(7)31-38(2)32-44(66)8)63-27-23-59(79-63)60-24-28-64(80-60)72(68-47(11)35-40(4)36-48(68)12)56-20-16-52(76-56)51-15-19-55(75-51)71(67-45(9)33-39(3)34-46(67)10)62-26-22-58(78-62)57-21-25-61(69)77-57/h13-15,17-36,73,76H,16H2,1-12H3/q+1. The zero-order chi connectivity index (χ0) is 55.4. The van der Waals surface area contributed by atoms with E-state index in [9.17, 15) is 0 Å². The number of allylic oxidation sites excluding steroid dienone is 6. The highest BCUT2D eigenvalue weighted by atomic mass is 16.4. The summed E-state index contributed by atoms with van der Waals surface area (Å²) >= 11 is 0. The summed E-state index contributed by atoms with van der Waals surface area (Å²) in [5, 5.41) is 5.64. The van der Waals surface area contributed by atoms with Gasteiger partial charge < -0.3 is 23.6 Å². The minimum absolute atomic E-state index is 0.616. The largest absolute Gasteiger partial charge is 0.453 e. The quantitative estimate of drug-likeness (QED) is 0.171. The van der Waals surface area contributed by atoms with E-state index in [4.69, 9.17) is 27.7 Å². The number of rotatable bonds is 4. The van der Waals surface area contributed by atoms with Crippen LogP contribution in [0.5, 0.6) is 0 Å². The Morgan fingerprint density at radius 1 is 0.388 bits per heavy atom. The monoisotopic (exact) mass is 1050 g/mol. The van der Waals surface area contributed by atoms with Gasteiger partial charge in [0.15, 0.2) is 10.8 Å². The number of fused-ring (bicyclic) bond motifs is 13. The molecule has 4 aromatic carbocycles. The molecule has 80 heavy (non-hydrogen) atoms. The molecule has 4 aromatic heterocycles. The second-order valence-corrected chi connectivity index (χ2v) is 22.4. The van der Waals surface area contributed by atoms with E-state index < -0.39 is 0 Å². The number of furan rings is 3. The number of aromatic nitrogens is 1. The molecule has 8 heteroatoms. The van der Waals surface area contributed by atoms with Crippen LogP contribution in [0.3, 0.4) is 0 Å². The van der Waals surface area contributed by atoms with Gasteiger partial charge in [-0.3, -0.25) is 0 Å². The van der Waals surface area contributed by atoms with Crippen LogP contribution in [0, 0.1) is 93.9 Å². The molecule has 0 unspecified atom stereocenters. The first kappa shape index (κ1) is 50.2. The summed E-state index contributed by atoms with van der Waals surface area (Å²) in [5.74, 6) is 1.33. The molecular formula is C72H63N4O4+. The highest BCUT2D eigenvalue weighted by molar-refractivity contribution is 6.32. The molecule has 8 aromatic rings. The highest BCUT2D eigenvalue weighted by Crippen LogP contribution is 2.35. The Bertz CT molecular complexity index is 4790. The van der Waals surface area contributed by atoms with Gasteiger partial charge >= 0.3 is 11.5 Å². The van der Waals surface area contributed by atoms with E-state index >= 15 is 0 Å². The molecule has 0 amide bonds. The Morgan fingerprint density at radius 3 is 1.30 bits per heavy atom. The molecule has 0 radical (unpaired) electrons. The summed E-state index contributed by atoms with van der Waals surface area (Å²) in [6.45, 7) is 25.9. The summed E-state index contributed by atoms with van der Waals surface area (Å²) in [6, 6.07) is 34.3. The maximum absolute atomic E-state index is 6.99. The third kappa shape index (κ3) is 8.67. The lowest BCUT2D eigenvalue weighted by molar-refractivity contribution is -0.338. The number of hydrogen-bond donors (Lipinski definition) is 2. The number of aliphatic imine (C=N–C) groups is 2. The number of ketones is 1. The van der Waals surface area contributed by atoms with Crippen molar-refractivity contribution in [1.82, 2.24) is 10.3 Å². The Hall–Kier alpha value is -9.27. The first-order valence-corrected chi connectivity index (χ1v) is 27.6. The minimum Gasteiger partial charge on any atom is -0.453 e. The molecule has 13 rings (SSSR count). The summed E-state index contributed by atoms with van der Waals surface area (Å²) in [4.78, 5) is 14.7. The van der Waals surface area contributed by atoms with Gasteiger partial charge in [-0.1, -0.05) is 76.9 Å². The van der Waals surface area contributed by atoms with Crippen LogP contribution in [0.25, 0.3) is 33.7 Å². The normalized spacial score (nSPS) is 15.8. The van der Waals surface area contributed by atoms with Gasteiger partial charge in [-0.2, -0.15) is 0 Å². The van der Waals surface area contributed by atoms with Crippen LogP contribution < -0.4 is 37.7 Å². The Balaban J connectivity index is 1.12. The molecule has 16 bridgehead atoms. The Kier molecular flexibility index (Phi) is 12.1. The second kappa shape index (κ2) is 19.3. The fourth-order valence-corrected chi connectivity index (χ4v) is 13.1. The number of aromatic amines is 1. The van der Waals surface area contributed by atoms with Gasteiger partial charge in [0, 0.05) is 23.4 Å². The van der Waals surface area contributed by atoms with E-state index in [0.717, 1.165) is 139 Å².